The zero-order chi connectivity index (χ0) is 22.3. The zero-order valence-corrected chi connectivity index (χ0v) is 19.4. The molecule has 0 unspecified atom stereocenters. The minimum absolute atomic E-state index is 0.193. The Labute approximate surface area is 199 Å². The van der Waals surface area contributed by atoms with E-state index in [0.717, 1.165) is 26.2 Å². The average molecular weight is 471 g/mol. The van der Waals surface area contributed by atoms with Crippen LogP contribution in [-0.2, 0) is 0 Å². The number of hydrogen-bond acceptors (Lipinski definition) is 4. The number of piperazine rings is 1. The molecule has 0 amide bonds. The summed E-state index contributed by atoms with van der Waals surface area (Å²) in [6, 6.07) is 26.7. The lowest BCUT2D eigenvalue weighted by Gasteiger charge is -2.40. The molecule has 1 atom stereocenters. The largest absolute Gasteiger partial charge is 0.489 e. The van der Waals surface area contributed by atoms with Crippen LogP contribution < -0.4 is 4.74 Å². The second-order valence-electron chi connectivity index (χ2n) is 8.10. The summed E-state index contributed by atoms with van der Waals surface area (Å²) in [5, 5.41) is 11.5. The lowest BCUT2D eigenvalue weighted by atomic mass is 9.96. The summed E-state index contributed by atoms with van der Waals surface area (Å²) in [6.07, 6.45) is -0.590. The molecule has 168 valence electrons. The molecule has 3 aromatic carbocycles. The lowest BCUT2D eigenvalue weighted by Crippen LogP contribution is -2.50. The number of hydrogen-bond donors (Lipinski definition) is 1. The minimum atomic E-state index is -0.590. The fourth-order valence-electron chi connectivity index (χ4n) is 4.22. The summed E-state index contributed by atoms with van der Waals surface area (Å²) in [5.74, 6) is 0.536. The number of aliphatic hydroxyl groups excluding tert-OH is 1. The van der Waals surface area contributed by atoms with E-state index in [9.17, 15) is 5.11 Å². The summed E-state index contributed by atoms with van der Waals surface area (Å²) in [4.78, 5) is 4.82. The number of rotatable bonds is 8. The van der Waals surface area contributed by atoms with Crippen LogP contribution in [0.25, 0.3) is 0 Å². The number of aliphatic hydroxyl groups is 1. The van der Waals surface area contributed by atoms with Gasteiger partial charge in [-0.25, -0.2) is 0 Å². The van der Waals surface area contributed by atoms with Crippen LogP contribution in [0.5, 0.6) is 5.75 Å². The normalized spacial score (nSPS) is 16.2. The van der Waals surface area contributed by atoms with Crippen LogP contribution in [0.15, 0.2) is 78.9 Å². The van der Waals surface area contributed by atoms with E-state index in [1.165, 1.54) is 11.1 Å². The molecule has 3 aromatic rings. The summed E-state index contributed by atoms with van der Waals surface area (Å²) in [5.41, 5.74) is 2.61. The number of nitrogens with zero attached hydrogens (tertiary/aromatic N) is 2. The van der Waals surface area contributed by atoms with Crippen LogP contribution in [0, 0.1) is 0 Å². The van der Waals surface area contributed by atoms with Crippen LogP contribution >= 0.6 is 23.2 Å². The summed E-state index contributed by atoms with van der Waals surface area (Å²) >= 11 is 12.1. The van der Waals surface area contributed by atoms with Crippen molar-refractivity contribution >= 4 is 23.2 Å². The fourth-order valence-corrected chi connectivity index (χ4v) is 4.68. The molecule has 1 aliphatic heterocycles. The Balaban J connectivity index is 1.32. The number of halogens is 2. The van der Waals surface area contributed by atoms with Gasteiger partial charge in [0, 0.05) is 37.7 Å². The van der Waals surface area contributed by atoms with Gasteiger partial charge in [0.15, 0.2) is 0 Å². The average Bonchev–Trinajstić information content (AvgIpc) is 2.81. The summed E-state index contributed by atoms with van der Waals surface area (Å²) in [7, 11) is 0. The van der Waals surface area contributed by atoms with Gasteiger partial charge in [-0.3, -0.25) is 9.80 Å². The predicted octanol–water partition coefficient (Wildman–Crippen LogP) is 5.14. The molecule has 4 nitrogen and oxygen atoms in total. The van der Waals surface area contributed by atoms with Gasteiger partial charge in [-0.2, -0.15) is 0 Å². The van der Waals surface area contributed by atoms with Crippen molar-refractivity contribution in [2.75, 3.05) is 39.3 Å². The Hall–Kier alpha value is -2.08. The van der Waals surface area contributed by atoms with Gasteiger partial charge in [-0.1, -0.05) is 83.9 Å². The van der Waals surface area contributed by atoms with Gasteiger partial charge in [-0.15, -0.1) is 0 Å². The molecule has 0 aliphatic carbocycles. The third kappa shape index (κ3) is 6.03. The molecular formula is C26H28Cl2N2O2. The van der Waals surface area contributed by atoms with Gasteiger partial charge in [0.05, 0.1) is 11.1 Å². The maximum Gasteiger partial charge on any atom is 0.138 e. The van der Waals surface area contributed by atoms with Crippen molar-refractivity contribution < 1.29 is 9.84 Å². The van der Waals surface area contributed by atoms with Crippen LogP contribution in [0.3, 0.4) is 0 Å². The van der Waals surface area contributed by atoms with Gasteiger partial charge in [0.2, 0.25) is 0 Å². The van der Waals surface area contributed by atoms with E-state index in [0.29, 0.717) is 22.3 Å². The maximum atomic E-state index is 10.5. The number of β-amino-alcohol motifs (C(OH)–C–C–N with tert-alkyl or cyclic N) is 1. The van der Waals surface area contributed by atoms with Crippen molar-refractivity contribution in [1.82, 2.24) is 9.80 Å². The highest BCUT2D eigenvalue weighted by molar-refractivity contribution is 6.35. The number of ether oxygens (including phenoxy) is 1. The Morgan fingerprint density at radius 2 is 1.41 bits per heavy atom. The molecule has 6 heteroatoms. The first-order valence-corrected chi connectivity index (χ1v) is 11.7. The first kappa shape index (κ1) is 23.1. The fraction of sp³-hybridized carbons (Fsp3) is 0.308. The van der Waals surface area contributed by atoms with Crippen molar-refractivity contribution in [3.05, 3.63) is 100 Å². The molecule has 0 bridgehead atoms. The van der Waals surface area contributed by atoms with Gasteiger partial charge in [-0.05, 0) is 29.3 Å². The molecule has 1 aliphatic rings. The molecule has 1 saturated heterocycles. The molecule has 1 N–H and O–H groups in total. The molecule has 1 heterocycles. The Morgan fingerprint density at radius 3 is 1.97 bits per heavy atom. The van der Waals surface area contributed by atoms with Crippen LogP contribution in [-0.4, -0.2) is 60.3 Å². The van der Waals surface area contributed by atoms with Gasteiger partial charge >= 0.3 is 0 Å². The molecule has 0 saturated carbocycles. The zero-order valence-electron chi connectivity index (χ0n) is 17.9. The van der Waals surface area contributed by atoms with Gasteiger partial charge < -0.3 is 9.84 Å². The third-order valence-corrected chi connectivity index (χ3v) is 6.33. The van der Waals surface area contributed by atoms with E-state index in [1.54, 1.807) is 18.2 Å². The lowest BCUT2D eigenvalue weighted by molar-refractivity contribution is 0.0401. The van der Waals surface area contributed by atoms with E-state index >= 15 is 0 Å². The SMILES string of the molecule is O[C@@H](COc1ccc(Cl)cc1Cl)CN1CCN(C(c2ccccc2)c2ccccc2)CC1. The van der Waals surface area contributed by atoms with Crippen molar-refractivity contribution in [2.24, 2.45) is 0 Å². The van der Waals surface area contributed by atoms with Crippen molar-refractivity contribution in [1.29, 1.82) is 0 Å². The molecule has 0 aromatic heterocycles. The van der Waals surface area contributed by atoms with Gasteiger partial charge in [0.1, 0.15) is 18.5 Å². The quantitative estimate of drug-likeness (QED) is 0.494. The molecule has 32 heavy (non-hydrogen) atoms. The van der Waals surface area contributed by atoms with Crippen LogP contribution in [0.2, 0.25) is 10.0 Å². The Bertz CT molecular complexity index is 940. The Kier molecular flexibility index (Phi) is 8.06. The molecular weight excluding hydrogens is 443 g/mol. The van der Waals surface area contributed by atoms with Crippen molar-refractivity contribution in [3.8, 4) is 5.75 Å². The summed E-state index contributed by atoms with van der Waals surface area (Å²) < 4.78 is 5.69. The minimum Gasteiger partial charge on any atom is -0.489 e. The first-order chi connectivity index (χ1) is 15.6. The summed E-state index contributed by atoms with van der Waals surface area (Å²) in [6.45, 7) is 4.43. The van der Waals surface area contributed by atoms with Crippen LogP contribution in [0.1, 0.15) is 17.2 Å². The second-order valence-corrected chi connectivity index (χ2v) is 8.94. The molecule has 1 fully saturated rings. The topological polar surface area (TPSA) is 35.9 Å². The first-order valence-electron chi connectivity index (χ1n) is 10.9. The highest BCUT2D eigenvalue weighted by atomic mass is 35.5. The van der Waals surface area contributed by atoms with E-state index in [-0.39, 0.29) is 12.6 Å². The Morgan fingerprint density at radius 1 is 0.812 bits per heavy atom. The smallest absolute Gasteiger partial charge is 0.138 e. The highest BCUT2D eigenvalue weighted by Gasteiger charge is 2.27. The van der Waals surface area contributed by atoms with E-state index in [4.69, 9.17) is 27.9 Å². The van der Waals surface area contributed by atoms with Crippen LogP contribution in [0.4, 0.5) is 0 Å². The van der Waals surface area contributed by atoms with Crippen molar-refractivity contribution in [2.45, 2.75) is 12.1 Å². The van der Waals surface area contributed by atoms with Gasteiger partial charge in [0.25, 0.3) is 0 Å². The predicted molar refractivity (Wildman–Crippen MR) is 131 cm³/mol. The second kappa shape index (κ2) is 11.2. The van der Waals surface area contributed by atoms with E-state index < -0.39 is 6.10 Å². The standard InChI is InChI=1S/C26H28Cl2N2O2/c27-22-11-12-25(24(28)17-22)32-19-23(31)18-29-13-15-30(16-14-29)26(20-7-3-1-4-8-20)21-9-5-2-6-10-21/h1-12,17,23,26,31H,13-16,18-19H2/t23-/m1/s1. The molecule has 4 rings (SSSR count). The molecule has 0 spiro atoms. The highest BCUT2D eigenvalue weighted by Crippen LogP contribution is 2.30. The monoisotopic (exact) mass is 470 g/mol. The maximum absolute atomic E-state index is 10.5. The van der Waals surface area contributed by atoms with Crippen molar-refractivity contribution in [3.63, 3.8) is 0 Å². The van der Waals surface area contributed by atoms with E-state index in [2.05, 4.69) is 70.5 Å². The third-order valence-electron chi connectivity index (χ3n) is 5.80. The van der Waals surface area contributed by atoms with E-state index in [1.807, 2.05) is 0 Å². The molecule has 0 radical (unpaired) electrons. The number of benzene rings is 3.